The number of aromatic nitrogens is 1. The van der Waals surface area contributed by atoms with Gasteiger partial charge in [0.25, 0.3) is 15.9 Å². The lowest BCUT2D eigenvalue weighted by molar-refractivity contribution is 0.0958. The van der Waals surface area contributed by atoms with Crippen LogP contribution in [0.4, 0.5) is 5.13 Å². The number of hydrogen-bond acceptors (Lipinski definition) is 6. The van der Waals surface area contributed by atoms with E-state index in [9.17, 15) is 18.0 Å². The molecule has 3 rings (SSSR count). The summed E-state index contributed by atoms with van der Waals surface area (Å²) in [6, 6.07) is 5.65. The number of hydrogen-bond donors (Lipinski definition) is 2. The molecule has 24 heavy (non-hydrogen) atoms. The minimum Gasteiger partial charge on any atom is -0.351 e. The van der Waals surface area contributed by atoms with Crippen molar-refractivity contribution >= 4 is 38.2 Å². The molecule has 0 atom stereocenters. The van der Waals surface area contributed by atoms with Crippen molar-refractivity contribution in [2.45, 2.75) is 24.7 Å². The van der Waals surface area contributed by atoms with Crippen LogP contribution in [0.5, 0.6) is 0 Å². The summed E-state index contributed by atoms with van der Waals surface area (Å²) in [6.45, 7) is 2.00. The first-order valence-electron chi connectivity index (χ1n) is 7.28. The van der Waals surface area contributed by atoms with Crippen LogP contribution in [0.1, 0.15) is 39.1 Å². The third-order valence-corrected chi connectivity index (χ3v) is 6.07. The number of benzene rings is 1. The number of carbonyl (C=O) groups excluding carboxylic acids is 2. The number of rotatable bonds is 4. The van der Waals surface area contributed by atoms with Gasteiger partial charge in [-0.05, 0) is 31.9 Å². The quantitative estimate of drug-likeness (QED) is 0.804. The van der Waals surface area contributed by atoms with Gasteiger partial charge in [0.15, 0.2) is 10.9 Å². The van der Waals surface area contributed by atoms with Gasteiger partial charge in [-0.15, -0.1) is 0 Å². The van der Waals surface area contributed by atoms with Crippen LogP contribution in [0.15, 0.2) is 29.2 Å². The first kappa shape index (κ1) is 16.6. The highest BCUT2D eigenvalue weighted by Crippen LogP contribution is 2.27. The molecule has 1 aromatic heterocycles. The number of carbonyl (C=O) groups is 2. The summed E-state index contributed by atoms with van der Waals surface area (Å²) in [5, 5.41) is 2.91. The van der Waals surface area contributed by atoms with Gasteiger partial charge < -0.3 is 5.32 Å². The lowest BCUT2D eigenvalue weighted by Crippen LogP contribution is -2.21. The summed E-state index contributed by atoms with van der Waals surface area (Å²) >= 11 is 1.02. The first-order chi connectivity index (χ1) is 11.4. The minimum absolute atomic E-state index is 0.0299. The largest absolute Gasteiger partial charge is 0.351 e. The standard InChI is InChI=1S/C15H15N3O4S2/c1-9(19)10-4-6-11(7-5-10)24(21,22)18-15-17-12-3-2-8-16-14(20)13(12)23-15/h4-7H,2-3,8H2,1H3,(H,16,20)(H,17,18). The van der Waals surface area contributed by atoms with Crippen LogP contribution in [-0.2, 0) is 16.4 Å². The summed E-state index contributed by atoms with van der Waals surface area (Å²) in [7, 11) is -3.83. The van der Waals surface area contributed by atoms with E-state index in [4.69, 9.17) is 0 Å². The Morgan fingerprint density at radius 2 is 2.00 bits per heavy atom. The fraction of sp³-hybridized carbons (Fsp3) is 0.267. The Kier molecular flexibility index (Phi) is 4.37. The maximum absolute atomic E-state index is 12.4. The van der Waals surface area contributed by atoms with Gasteiger partial charge in [0, 0.05) is 12.1 Å². The molecular weight excluding hydrogens is 350 g/mol. The molecule has 2 heterocycles. The Bertz CT molecular complexity index is 901. The van der Waals surface area contributed by atoms with Gasteiger partial charge in [-0.2, -0.15) is 0 Å². The predicted octanol–water partition coefficient (Wildman–Crippen LogP) is 1.82. The molecular formula is C15H15N3O4S2. The van der Waals surface area contributed by atoms with Crippen molar-refractivity contribution in [3.63, 3.8) is 0 Å². The van der Waals surface area contributed by atoms with E-state index in [1.165, 1.54) is 31.2 Å². The van der Waals surface area contributed by atoms with Gasteiger partial charge in [-0.1, -0.05) is 23.5 Å². The van der Waals surface area contributed by atoms with E-state index >= 15 is 0 Å². The van der Waals surface area contributed by atoms with E-state index in [0.717, 1.165) is 17.8 Å². The Labute approximate surface area is 143 Å². The molecule has 2 aromatic rings. The molecule has 0 spiro atoms. The van der Waals surface area contributed by atoms with Crippen LogP contribution in [0.2, 0.25) is 0 Å². The molecule has 0 radical (unpaired) electrons. The molecule has 126 valence electrons. The molecule has 0 fully saturated rings. The minimum atomic E-state index is -3.83. The fourth-order valence-corrected chi connectivity index (χ4v) is 4.49. The molecule has 2 N–H and O–H groups in total. The number of thiazole rings is 1. The predicted molar refractivity (Wildman–Crippen MR) is 90.0 cm³/mol. The maximum Gasteiger partial charge on any atom is 0.263 e. The third kappa shape index (κ3) is 3.31. The average Bonchev–Trinajstić information content (AvgIpc) is 2.85. The van der Waals surface area contributed by atoms with E-state index in [1.807, 2.05) is 0 Å². The van der Waals surface area contributed by atoms with Gasteiger partial charge in [0.1, 0.15) is 4.88 Å². The number of fused-ring (bicyclic) bond motifs is 1. The number of sulfonamides is 1. The van der Waals surface area contributed by atoms with E-state index in [0.29, 0.717) is 29.1 Å². The third-order valence-electron chi connectivity index (χ3n) is 3.57. The van der Waals surface area contributed by atoms with Gasteiger partial charge in [0.05, 0.1) is 10.6 Å². The Hall–Kier alpha value is -2.26. The van der Waals surface area contributed by atoms with E-state index in [1.54, 1.807) is 0 Å². The van der Waals surface area contributed by atoms with Crippen molar-refractivity contribution in [2.24, 2.45) is 0 Å². The second-order valence-corrected chi connectivity index (χ2v) is 8.02. The summed E-state index contributed by atoms with van der Waals surface area (Å²) in [5.74, 6) is -0.363. The zero-order valence-electron chi connectivity index (χ0n) is 12.8. The van der Waals surface area contributed by atoms with Crippen LogP contribution in [0.3, 0.4) is 0 Å². The summed E-state index contributed by atoms with van der Waals surface area (Å²) < 4.78 is 27.2. The van der Waals surface area contributed by atoms with Gasteiger partial charge in [-0.25, -0.2) is 13.4 Å². The summed E-state index contributed by atoms with van der Waals surface area (Å²) in [6.07, 6.45) is 1.39. The number of Topliss-reactive ketones (excluding diaryl/α,β-unsaturated/α-hetero) is 1. The molecule has 0 unspecified atom stereocenters. The SMILES string of the molecule is CC(=O)c1ccc(S(=O)(=O)Nc2nc3c(s2)C(=O)NCCC3)cc1. The van der Waals surface area contributed by atoms with Crippen molar-refractivity contribution < 1.29 is 18.0 Å². The number of aryl methyl sites for hydroxylation is 1. The highest BCUT2D eigenvalue weighted by molar-refractivity contribution is 7.93. The van der Waals surface area contributed by atoms with Gasteiger partial charge in [0.2, 0.25) is 0 Å². The van der Waals surface area contributed by atoms with Crippen LogP contribution in [0.25, 0.3) is 0 Å². The maximum atomic E-state index is 12.4. The lowest BCUT2D eigenvalue weighted by Gasteiger charge is -2.05. The average molecular weight is 365 g/mol. The van der Waals surface area contributed by atoms with Crippen LogP contribution in [0, 0.1) is 0 Å². The first-order valence-corrected chi connectivity index (χ1v) is 9.58. The second-order valence-electron chi connectivity index (χ2n) is 5.34. The second kappa shape index (κ2) is 6.33. The smallest absolute Gasteiger partial charge is 0.263 e. The van der Waals surface area contributed by atoms with Crippen LogP contribution < -0.4 is 10.0 Å². The highest BCUT2D eigenvalue weighted by atomic mass is 32.2. The molecule has 0 bridgehead atoms. The zero-order valence-corrected chi connectivity index (χ0v) is 14.5. The van der Waals surface area contributed by atoms with Crippen molar-refractivity contribution in [1.82, 2.24) is 10.3 Å². The number of amides is 1. The molecule has 7 nitrogen and oxygen atoms in total. The van der Waals surface area contributed by atoms with Crippen molar-refractivity contribution in [2.75, 3.05) is 11.3 Å². The Morgan fingerprint density at radius 3 is 2.67 bits per heavy atom. The Morgan fingerprint density at radius 1 is 1.29 bits per heavy atom. The fourth-order valence-electron chi connectivity index (χ4n) is 2.32. The zero-order chi connectivity index (χ0) is 17.3. The molecule has 0 aliphatic carbocycles. The normalized spacial score (nSPS) is 14.5. The molecule has 9 heteroatoms. The molecule has 1 aliphatic heterocycles. The molecule has 1 amide bonds. The monoisotopic (exact) mass is 365 g/mol. The lowest BCUT2D eigenvalue weighted by atomic mass is 10.2. The molecule has 0 saturated carbocycles. The van der Waals surface area contributed by atoms with Gasteiger partial charge in [-0.3, -0.25) is 14.3 Å². The van der Waals surface area contributed by atoms with Crippen molar-refractivity contribution in [1.29, 1.82) is 0 Å². The topological polar surface area (TPSA) is 105 Å². The molecule has 0 saturated heterocycles. The molecule has 1 aliphatic rings. The van der Waals surface area contributed by atoms with Crippen molar-refractivity contribution in [3.8, 4) is 0 Å². The van der Waals surface area contributed by atoms with Crippen LogP contribution >= 0.6 is 11.3 Å². The summed E-state index contributed by atoms with van der Waals surface area (Å²) in [4.78, 5) is 27.9. The summed E-state index contributed by atoms with van der Waals surface area (Å²) in [5.41, 5.74) is 1.05. The number of nitrogens with zero attached hydrogens (tertiary/aromatic N) is 1. The van der Waals surface area contributed by atoms with Gasteiger partial charge >= 0.3 is 0 Å². The Balaban J connectivity index is 1.86. The number of ketones is 1. The van der Waals surface area contributed by atoms with E-state index in [-0.39, 0.29) is 21.7 Å². The van der Waals surface area contributed by atoms with Crippen LogP contribution in [-0.4, -0.2) is 31.6 Å². The number of nitrogens with one attached hydrogen (secondary N) is 2. The highest BCUT2D eigenvalue weighted by Gasteiger charge is 2.23. The van der Waals surface area contributed by atoms with Crippen molar-refractivity contribution in [3.05, 3.63) is 40.4 Å². The molecule has 1 aromatic carbocycles. The van der Waals surface area contributed by atoms with E-state index in [2.05, 4.69) is 15.0 Å². The van der Waals surface area contributed by atoms with E-state index < -0.39 is 10.0 Å². The number of anilines is 1.